The number of aliphatic hydroxyl groups is 3. The van der Waals surface area contributed by atoms with Crippen molar-refractivity contribution in [3.63, 3.8) is 0 Å². The van der Waals surface area contributed by atoms with Crippen LogP contribution in [-0.4, -0.2) is 44.2 Å². The molecule has 25 heavy (non-hydrogen) atoms. The van der Waals surface area contributed by atoms with E-state index >= 15 is 0 Å². The summed E-state index contributed by atoms with van der Waals surface area (Å²) in [6.45, 7) is 13.4. The van der Waals surface area contributed by atoms with Crippen molar-refractivity contribution in [2.24, 2.45) is 22.7 Å². The molecule has 2 aliphatic carbocycles. The quantitative estimate of drug-likeness (QED) is 0.497. The zero-order valence-corrected chi connectivity index (χ0v) is 16.0. The van der Waals surface area contributed by atoms with E-state index in [1.807, 2.05) is 40.7 Å². The zero-order valence-electron chi connectivity index (χ0n) is 16.0. The van der Waals surface area contributed by atoms with E-state index in [4.69, 9.17) is 4.74 Å². The summed E-state index contributed by atoms with van der Waals surface area (Å²) in [6, 6.07) is 0. The Morgan fingerprint density at radius 1 is 1.08 bits per heavy atom. The van der Waals surface area contributed by atoms with Gasteiger partial charge in [-0.05, 0) is 45.4 Å². The van der Waals surface area contributed by atoms with Gasteiger partial charge in [-0.1, -0.05) is 26.8 Å². The highest BCUT2D eigenvalue weighted by Gasteiger charge is 2.72. The van der Waals surface area contributed by atoms with Crippen molar-refractivity contribution in [2.75, 3.05) is 0 Å². The van der Waals surface area contributed by atoms with Gasteiger partial charge in [-0.3, -0.25) is 4.79 Å². The topological polar surface area (TPSA) is 87.0 Å². The summed E-state index contributed by atoms with van der Waals surface area (Å²) in [7, 11) is 0. The number of fused-ring (bicyclic) bond motifs is 3. The van der Waals surface area contributed by atoms with E-state index in [0.717, 1.165) is 19.3 Å². The Morgan fingerprint density at radius 3 is 2.20 bits per heavy atom. The van der Waals surface area contributed by atoms with Crippen LogP contribution < -0.4 is 0 Å². The van der Waals surface area contributed by atoms with Crippen molar-refractivity contribution in [3.05, 3.63) is 12.7 Å². The number of hydrogen-bond donors (Lipinski definition) is 3. The maximum absolute atomic E-state index is 13.2. The lowest BCUT2D eigenvalue weighted by Crippen LogP contribution is -2.75. The third kappa shape index (κ3) is 2.25. The van der Waals surface area contributed by atoms with Crippen molar-refractivity contribution < 1.29 is 24.9 Å². The van der Waals surface area contributed by atoms with Crippen molar-refractivity contribution in [1.29, 1.82) is 0 Å². The predicted octanol–water partition coefficient (Wildman–Crippen LogP) is 2.18. The first-order valence-corrected chi connectivity index (χ1v) is 9.27. The molecule has 3 fully saturated rings. The molecule has 3 aliphatic rings. The number of ketones is 1. The molecule has 0 radical (unpaired) electrons. The Bertz CT molecular complexity index is 611. The molecule has 142 valence electrons. The maximum Gasteiger partial charge on any atom is 0.252 e. The second kappa shape index (κ2) is 5.16. The summed E-state index contributed by atoms with van der Waals surface area (Å²) in [5.41, 5.74) is -2.71. The summed E-state index contributed by atoms with van der Waals surface area (Å²) >= 11 is 0. The van der Waals surface area contributed by atoms with Gasteiger partial charge in [-0.2, -0.15) is 0 Å². The Morgan fingerprint density at radius 2 is 1.64 bits per heavy atom. The van der Waals surface area contributed by atoms with Gasteiger partial charge in [0, 0.05) is 16.7 Å². The minimum Gasteiger partial charge on any atom is -0.386 e. The maximum atomic E-state index is 13.2. The van der Waals surface area contributed by atoms with Crippen LogP contribution in [0.4, 0.5) is 0 Å². The molecule has 0 spiro atoms. The van der Waals surface area contributed by atoms with Crippen LogP contribution in [0.25, 0.3) is 0 Å². The van der Waals surface area contributed by atoms with Gasteiger partial charge in [0.25, 0.3) is 5.79 Å². The average molecular weight is 352 g/mol. The lowest BCUT2D eigenvalue weighted by molar-refractivity contribution is -0.308. The molecule has 6 atom stereocenters. The van der Waals surface area contributed by atoms with Crippen LogP contribution in [0.15, 0.2) is 12.7 Å². The monoisotopic (exact) mass is 352 g/mol. The summed E-state index contributed by atoms with van der Waals surface area (Å²) in [5, 5.41) is 31.5. The van der Waals surface area contributed by atoms with Crippen LogP contribution >= 0.6 is 0 Å². The second-order valence-electron chi connectivity index (χ2n) is 9.68. The van der Waals surface area contributed by atoms with Crippen molar-refractivity contribution in [2.45, 2.75) is 83.4 Å². The van der Waals surface area contributed by atoms with Crippen LogP contribution in [0.3, 0.4) is 0 Å². The van der Waals surface area contributed by atoms with Crippen molar-refractivity contribution in [3.8, 4) is 0 Å². The molecule has 0 bridgehead atoms. The fraction of sp³-hybridized carbons (Fsp3) is 0.850. The summed E-state index contributed by atoms with van der Waals surface area (Å²) in [6.07, 6.45) is 3.27. The summed E-state index contributed by atoms with van der Waals surface area (Å²) in [5.74, 6) is -3.67. The number of ether oxygens (including phenoxy) is 1. The molecule has 1 unspecified atom stereocenters. The number of carbonyl (C=O) groups is 1. The lowest BCUT2D eigenvalue weighted by Gasteiger charge is -2.66. The molecule has 0 amide bonds. The van der Waals surface area contributed by atoms with Gasteiger partial charge in [0.15, 0.2) is 0 Å². The fourth-order valence-electron chi connectivity index (χ4n) is 6.36. The van der Waals surface area contributed by atoms with E-state index in [9.17, 15) is 20.1 Å². The van der Waals surface area contributed by atoms with Gasteiger partial charge < -0.3 is 20.1 Å². The van der Waals surface area contributed by atoms with E-state index in [2.05, 4.69) is 6.58 Å². The van der Waals surface area contributed by atoms with Crippen molar-refractivity contribution in [1.82, 2.24) is 0 Å². The number of carbonyl (C=O) groups excluding carboxylic acids is 1. The molecular formula is C20H32O5. The molecule has 1 heterocycles. The van der Waals surface area contributed by atoms with Gasteiger partial charge in [0.2, 0.25) is 5.78 Å². The van der Waals surface area contributed by atoms with Crippen molar-refractivity contribution >= 4 is 5.78 Å². The molecule has 5 heteroatoms. The smallest absolute Gasteiger partial charge is 0.252 e. The molecule has 0 aromatic heterocycles. The second-order valence-corrected chi connectivity index (χ2v) is 9.68. The van der Waals surface area contributed by atoms with Gasteiger partial charge in [-0.25, -0.2) is 0 Å². The zero-order chi connectivity index (χ0) is 19.1. The minimum atomic E-state index is -2.73. The Hall–Kier alpha value is -0.750. The van der Waals surface area contributed by atoms with Crippen LogP contribution in [-0.2, 0) is 9.53 Å². The minimum absolute atomic E-state index is 0.135. The normalized spacial score (nSPS) is 51.4. The number of aliphatic hydroxyl groups excluding tert-OH is 1. The molecule has 5 nitrogen and oxygen atoms in total. The van der Waals surface area contributed by atoms with Gasteiger partial charge in [-0.15, -0.1) is 6.58 Å². The highest BCUT2D eigenvalue weighted by atomic mass is 16.5. The first-order chi connectivity index (χ1) is 11.3. The van der Waals surface area contributed by atoms with E-state index in [1.165, 1.54) is 0 Å². The number of hydrogen-bond acceptors (Lipinski definition) is 5. The van der Waals surface area contributed by atoms with Crippen LogP contribution in [0.1, 0.15) is 60.3 Å². The van der Waals surface area contributed by atoms with Crippen LogP contribution in [0.5, 0.6) is 0 Å². The molecular weight excluding hydrogens is 320 g/mol. The van der Waals surface area contributed by atoms with Gasteiger partial charge in [0.05, 0.1) is 11.2 Å². The number of rotatable bonds is 1. The summed E-state index contributed by atoms with van der Waals surface area (Å²) < 4.78 is 6.44. The molecule has 1 aliphatic heterocycles. The highest BCUT2D eigenvalue weighted by Crippen LogP contribution is 2.65. The standard InChI is InChI=1S/C20H32O5/c1-7-17(4)10-8-13-18(5,25-17)11-9-12-16(2,3)14(21)20(23,24)15(22)19(12,13)6/h7,12-14,21,23-24H,1,8-11H2,2-6H3/t12-,13-,14?,17-,18+,19-/m0/s1. The Balaban J connectivity index is 2.11. The number of Topliss-reactive ketones (excluding diaryl/α,β-unsaturated/α-hetero) is 1. The lowest BCUT2D eigenvalue weighted by atomic mass is 9.42. The van der Waals surface area contributed by atoms with Crippen LogP contribution in [0.2, 0.25) is 0 Å². The predicted molar refractivity (Wildman–Crippen MR) is 93.6 cm³/mol. The molecule has 1 saturated heterocycles. The molecule has 2 saturated carbocycles. The van der Waals surface area contributed by atoms with Gasteiger partial charge >= 0.3 is 0 Å². The van der Waals surface area contributed by atoms with E-state index in [0.29, 0.717) is 6.42 Å². The van der Waals surface area contributed by atoms with E-state index in [1.54, 1.807) is 0 Å². The van der Waals surface area contributed by atoms with Crippen LogP contribution in [0, 0.1) is 22.7 Å². The molecule has 0 aromatic carbocycles. The summed E-state index contributed by atoms with van der Waals surface area (Å²) in [4.78, 5) is 13.2. The molecule has 3 rings (SSSR count). The highest BCUT2D eigenvalue weighted by molar-refractivity contribution is 5.93. The van der Waals surface area contributed by atoms with E-state index < -0.39 is 39.7 Å². The van der Waals surface area contributed by atoms with E-state index in [-0.39, 0.29) is 11.8 Å². The first-order valence-electron chi connectivity index (χ1n) is 9.27. The SMILES string of the molecule is C=C[C@@]1(C)CC[C@@H]2[C@@]3(C)C(=O)C(O)(O)C(O)C(C)(C)[C@@H]3CC[C@@]2(C)O1. The largest absolute Gasteiger partial charge is 0.386 e. The molecule has 0 aromatic rings. The average Bonchev–Trinajstić information content (AvgIpc) is 2.51. The Labute approximate surface area is 150 Å². The molecule has 3 N–H and O–H groups in total. The third-order valence-corrected chi connectivity index (χ3v) is 7.75. The van der Waals surface area contributed by atoms with Gasteiger partial charge in [0.1, 0.15) is 6.10 Å². The first kappa shape index (κ1) is 19.0. The Kier molecular flexibility index (Phi) is 3.92. The fourth-order valence-corrected chi connectivity index (χ4v) is 6.36. The third-order valence-electron chi connectivity index (χ3n) is 7.75.